The predicted octanol–water partition coefficient (Wildman–Crippen LogP) is 2.38. The number of ether oxygens (including phenoxy) is 1. The van der Waals surface area contributed by atoms with Gasteiger partial charge >= 0.3 is 0 Å². The van der Waals surface area contributed by atoms with Crippen molar-refractivity contribution in [3.63, 3.8) is 0 Å². The van der Waals surface area contributed by atoms with Gasteiger partial charge < -0.3 is 4.74 Å². The van der Waals surface area contributed by atoms with Gasteiger partial charge in [-0.05, 0) is 33.6 Å². The molecule has 0 radical (unpaired) electrons. The molecule has 2 atom stereocenters. The van der Waals surface area contributed by atoms with Crippen LogP contribution in [-0.4, -0.2) is 34.2 Å². The van der Waals surface area contributed by atoms with Gasteiger partial charge in [-0.1, -0.05) is 6.42 Å². The monoisotopic (exact) mass is 250 g/mol. The summed E-state index contributed by atoms with van der Waals surface area (Å²) in [6.45, 7) is 6.41. The Balaban J connectivity index is 2.14. The van der Waals surface area contributed by atoms with E-state index in [9.17, 15) is 0 Å². The van der Waals surface area contributed by atoms with Crippen molar-refractivity contribution < 1.29 is 4.74 Å². The molecule has 0 bridgehead atoms. The average Bonchev–Trinajstić information content (AvgIpc) is 2.33. The minimum Gasteiger partial charge on any atom is -0.481 e. The van der Waals surface area contributed by atoms with Crippen molar-refractivity contribution in [3.05, 3.63) is 11.8 Å². The van der Waals surface area contributed by atoms with Gasteiger partial charge in [0.05, 0.1) is 7.11 Å². The third kappa shape index (κ3) is 2.90. The standard InChI is InChI=1S/C13H22N4O/c1-9-8-12(18-4)15-13(14-9)16-17-10(2)6-5-7-11(17)3/h8,10-11H,5-7H2,1-4H3,(H,14,15,16). The van der Waals surface area contributed by atoms with Crippen molar-refractivity contribution in [2.45, 2.75) is 52.1 Å². The molecule has 2 unspecified atom stereocenters. The number of aryl methyl sites for hydroxylation is 1. The number of piperidine rings is 1. The van der Waals surface area contributed by atoms with Crippen LogP contribution in [0.25, 0.3) is 0 Å². The average molecular weight is 250 g/mol. The Bertz CT molecular complexity index is 400. The number of methoxy groups -OCH3 is 1. The summed E-state index contributed by atoms with van der Waals surface area (Å²) in [7, 11) is 1.62. The van der Waals surface area contributed by atoms with E-state index >= 15 is 0 Å². The Hall–Kier alpha value is -1.36. The second kappa shape index (κ2) is 5.52. The maximum absolute atomic E-state index is 5.17. The number of hydrazine groups is 1. The zero-order chi connectivity index (χ0) is 13.1. The molecule has 0 amide bonds. The van der Waals surface area contributed by atoms with Crippen LogP contribution in [0.5, 0.6) is 5.88 Å². The first-order chi connectivity index (χ1) is 8.60. The van der Waals surface area contributed by atoms with E-state index in [4.69, 9.17) is 4.74 Å². The molecule has 5 nitrogen and oxygen atoms in total. The maximum atomic E-state index is 5.17. The summed E-state index contributed by atoms with van der Waals surface area (Å²) in [4.78, 5) is 8.73. The van der Waals surface area contributed by atoms with Crippen molar-refractivity contribution in [1.82, 2.24) is 15.0 Å². The van der Waals surface area contributed by atoms with E-state index in [1.54, 1.807) is 7.11 Å². The summed E-state index contributed by atoms with van der Waals surface area (Å²) in [6, 6.07) is 2.83. The molecule has 1 aliphatic heterocycles. The number of rotatable bonds is 3. The second-order valence-corrected chi connectivity index (χ2v) is 5.02. The van der Waals surface area contributed by atoms with Gasteiger partial charge in [0.1, 0.15) is 0 Å². The highest BCUT2D eigenvalue weighted by Crippen LogP contribution is 2.23. The fourth-order valence-corrected chi connectivity index (χ4v) is 2.45. The fraction of sp³-hybridized carbons (Fsp3) is 0.692. The number of hydrogen-bond donors (Lipinski definition) is 1. The van der Waals surface area contributed by atoms with Gasteiger partial charge in [-0.2, -0.15) is 4.98 Å². The summed E-state index contributed by atoms with van der Waals surface area (Å²) in [5.41, 5.74) is 4.23. The minimum absolute atomic E-state index is 0.504. The molecule has 5 heteroatoms. The Kier molecular flexibility index (Phi) is 4.01. The first-order valence-electron chi connectivity index (χ1n) is 6.55. The Morgan fingerprint density at radius 3 is 2.56 bits per heavy atom. The summed E-state index contributed by atoms with van der Waals surface area (Å²) in [5, 5.41) is 2.25. The number of nitrogens with zero attached hydrogens (tertiary/aromatic N) is 3. The smallest absolute Gasteiger partial charge is 0.241 e. The molecule has 1 N–H and O–H groups in total. The normalized spacial score (nSPS) is 24.9. The van der Waals surface area contributed by atoms with E-state index in [1.807, 2.05) is 13.0 Å². The largest absolute Gasteiger partial charge is 0.481 e. The van der Waals surface area contributed by atoms with Gasteiger partial charge in [0.25, 0.3) is 0 Å². The lowest BCUT2D eigenvalue weighted by Crippen LogP contribution is -2.47. The molecule has 0 aliphatic carbocycles. The van der Waals surface area contributed by atoms with E-state index in [0.29, 0.717) is 23.9 Å². The topological polar surface area (TPSA) is 50.3 Å². The molecule has 1 saturated heterocycles. The first kappa shape index (κ1) is 13.1. The molecular formula is C13H22N4O. The molecule has 1 fully saturated rings. The highest BCUT2D eigenvalue weighted by molar-refractivity contribution is 5.30. The van der Waals surface area contributed by atoms with Gasteiger partial charge in [-0.3, -0.25) is 5.43 Å². The van der Waals surface area contributed by atoms with Crippen molar-refractivity contribution in [1.29, 1.82) is 0 Å². The molecule has 2 heterocycles. The van der Waals surface area contributed by atoms with E-state index in [1.165, 1.54) is 19.3 Å². The Morgan fingerprint density at radius 2 is 1.94 bits per heavy atom. The Labute approximate surface area is 109 Å². The number of hydrogen-bond acceptors (Lipinski definition) is 5. The van der Waals surface area contributed by atoms with Crippen LogP contribution in [0.1, 0.15) is 38.8 Å². The summed E-state index contributed by atoms with van der Waals surface area (Å²) < 4.78 is 5.17. The van der Waals surface area contributed by atoms with Crippen LogP contribution in [0.3, 0.4) is 0 Å². The quantitative estimate of drug-likeness (QED) is 0.892. The van der Waals surface area contributed by atoms with Gasteiger partial charge in [-0.15, -0.1) is 0 Å². The fourth-order valence-electron chi connectivity index (χ4n) is 2.45. The lowest BCUT2D eigenvalue weighted by molar-refractivity contribution is 0.134. The molecule has 1 aliphatic rings. The van der Waals surface area contributed by atoms with Gasteiger partial charge in [-0.25, -0.2) is 9.99 Å². The van der Waals surface area contributed by atoms with Crippen LogP contribution >= 0.6 is 0 Å². The number of aromatic nitrogens is 2. The van der Waals surface area contributed by atoms with Gasteiger partial charge in [0.2, 0.25) is 11.8 Å². The van der Waals surface area contributed by atoms with Crippen molar-refractivity contribution in [2.75, 3.05) is 12.5 Å². The van der Waals surface area contributed by atoms with E-state index < -0.39 is 0 Å². The van der Waals surface area contributed by atoms with Crippen LogP contribution in [0.2, 0.25) is 0 Å². The van der Waals surface area contributed by atoms with E-state index in [-0.39, 0.29) is 0 Å². The lowest BCUT2D eigenvalue weighted by Gasteiger charge is -2.38. The highest BCUT2D eigenvalue weighted by atomic mass is 16.5. The van der Waals surface area contributed by atoms with Crippen LogP contribution in [0, 0.1) is 6.92 Å². The summed E-state index contributed by atoms with van der Waals surface area (Å²) in [5.74, 6) is 1.22. The molecule has 1 aromatic rings. The molecular weight excluding hydrogens is 228 g/mol. The minimum atomic E-state index is 0.504. The number of anilines is 1. The highest BCUT2D eigenvalue weighted by Gasteiger charge is 2.25. The molecule has 2 rings (SSSR count). The SMILES string of the molecule is COc1cc(C)nc(NN2C(C)CCCC2C)n1. The molecule has 100 valence electrons. The van der Waals surface area contributed by atoms with Gasteiger partial charge in [0.15, 0.2) is 0 Å². The van der Waals surface area contributed by atoms with Crippen LogP contribution in [0.15, 0.2) is 6.07 Å². The molecule has 0 aromatic carbocycles. The maximum Gasteiger partial charge on any atom is 0.241 e. The zero-order valence-electron chi connectivity index (χ0n) is 11.6. The molecule has 0 spiro atoms. The van der Waals surface area contributed by atoms with Crippen LogP contribution in [0.4, 0.5) is 5.95 Å². The van der Waals surface area contributed by atoms with Gasteiger partial charge in [0, 0.05) is 23.8 Å². The third-order valence-corrected chi connectivity index (χ3v) is 3.46. The van der Waals surface area contributed by atoms with Crippen LogP contribution < -0.4 is 10.2 Å². The van der Waals surface area contributed by atoms with Crippen molar-refractivity contribution >= 4 is 5.95 Å². The van der Waals surface area contributed by atoms with E-state index in [0.717, 1.165) is 5.69 Å². The zero-order valence-corrected chi connectivity index (χ0v) is 11.6. The first-order valence-corrected chi connectivity index (χ1v) is 6.55. The molecule has 0 saturated carbocycles. The Morgan fingerprint density at radius 1 is 1.28 bits per heavy atom. The summed E-state index contributed by atoms with van der Waals surface area (Å²) in [6.07, 6.45) is 3.71. The predicted molar refractivity (Wildman–Crippen MR) is 71.6 cm³/mol. The van der Waals surface area contributed by atoms with Crippen molar-refractivity contribution in [2.24, 2.45) is 0 Å². The second-order valence-electron chi connectivity index (χ2n) is 5.02. The third-order valence-electron chi connectivity index (χ3n) is 3.46. The number of nitrogens with one attached hydrogen (secondary N) is 1. The molecule has 18 heavy (non-hydrogen) atoms. The van der Waals surface area contributed by atoms with Crippen LogP contribution in [-0.2, 0) is 0 Å². The van der Waals surface area contributed by atoms with Crippen molar-refractivity contribution in [3.8, 4) is 5.88 Å². The molecule has 1 aromatic heterocycles. The lowest BCUT2D eigenvalue weighted by atomic mass is 10.00. The summed E-state index contributed by atoms with van der Waals surface area (Å²) >= 11 is 0. The van der Waals surface area contributed by atoms with E-state index in [2.05, 4.69) is 34.3 Å².